The molecule has 0 saturated carbocycles. The predicted octanol–water partition coefficient (Wildman–Crippen LogP) is 6.95. The summed E-state index contributed by atoms with van der Waals surface area (Å²) in [5.74, 6) is -0.322. The number of likely N-dealkylation sites (tertiary alicyclic amines) is 1. The number of carbonyl (C=O) groups is 1. The quantitative estimate of drug-likeness (QED) is 0.338. The van der Waals surface area contributed by atoms with Gasteiger partial charge in [-0.3, -0.25) is 4.57 Å². The number of aromatic nitrogens is 2. The highest BCUT2D eigenvalue weighted by Crippen LogP contribution is 2.37. The molecule has 37 heavy (non-hydrogen) atoms. The van der Waals surface area contributed by atoms with Crippen molar-refractivity contribution in [1.29, 1.82) is 0 Å². The van der Waals surface area contributed by atoms with E-state index in [0.717, 1.165) is 53.8 Å². The van der Waals surface area contributed by atoms with Crippen molar-refractivity contribution in [3.05, 3.63) is 77.1 Å². The highest BCUT2D eigenvalue weighted by molar-refractivity contribution is 7.99. The molecular formula is C29H38F2N4OS. The average Bonchev–Trinajstić information content (AvgIpc) is 3.29. The van der Waals surface area contributed by atoms with Crippen molar-refractivity contribution in [2.24, 2.45) is 5.92 Å². The smallest absolute Gasteiger partial charge is 0.317 e. The second kappa shape index (κ2) is 11.3. The number of nitrogens with one attached hydrogen (secondary N) is 1. The van der Waals surface area contributed by atoms with Gasteiger partial charge in [-0.1, -0.05) is 49.4 Å². The molecule has 2 heterocycles. The van der Waals surface area contributed by atoms with E-state index < -0.39 is 17.0 Å². The van der Waals surface area contributed by atoms with E-state index in [9.17, 15) is 13.6 Å². The van der Waals surface area contributed by atoms with E-state index in [0.29, 0.717) is 11.5 Å². The van der Waals surface area contributed by atoms with E-state index in [2.05, 4.69) is 34.1 Å². The van der Waals surface area contributed by atoms with Gasteiger partial charge in [-0.15, -0.1) is 0 Å². The third kappa shape index (κ3) is 6.17. The largest absolute Gasteiger partial charge is 0.336 e. The van der Waals surface area contributed by atoms with Gasteiger partial charge in [0, 0.05) is 37.4 Å². The number of aryl methyl sites for hydroxylation is 1. The molecule has 0 spiro atoms. The first-order chi connectivity index (χ1) is 17.6. The maximum atomic E-state index is 14.1. The van der Waals surface area contributed by atoms with Crippen LogP contribution in [0.15, 0.2) is 53.8 Å². The molecule has 1 aliphatic heterocycles. The van der Waals surface area contributed by atoms with Gasteiger partial charge < -0.3 is 10.2 Å². The van der Waals surface area contributed by atoms with Crippen LogP contribution in [0.2, 0.25) is 0 Å². The van der Waals surface area contributed by atoms with Crippen LogP contribution in [0.4, 0.5) is 13.6 Å². The van der Waals surface area contributed by atoms with Crippen LogP contribution in [0, 0.1) is 24.5 Å². The number of carbonyl (C=O) groups excluding carboxylic acids is 1. The molecule has 0 bridgehead atoms. The van der Waals surface area contributed by atoms with Gasteiger partial charge >= 0.3 is 6.03 Å². The zero-order chi connectivity index (χ0) is 26.7. The summed E-state index contributed by atoms with van der Waals surface area (Å²) in [5, 5.41) is 3.85. The van der Waals surface area contributed by atoms with Crippen LogP contribution in [0.5, 0.6) is 0 Å². The third-order valence-corrected chi connectivity index (χ3v) is 8.25. The summed E-state index contributed by atoms with van der Waals surface area (Å²) in [5.41, 5.74) is 3.12. The van der Waals surface area contributed by atoms with Gasteiger partial charge in [-0.05, 0) is 69.4 Å². The van der Waals surface area contributed by atoms with E-state index in [1.807, 2.05) is 45.7 Å². The number of urea groups is 1. The van der Waals surface area contributed by atoms with E-state index >= 15 is 0 Å². The number of hydrogen-bond acceptors (Lipinski definition) is 3. The molecule has 1 fully saturated rings. The Kier molecular flexibility index (Phi) is 8.26. The molecule has 2 amide bonds. The monoisotopic (exact) mass is 528 g/mol. The lowest BCUT2D eigenvalue weighted by molar-refractivity contribution is 0.172. The van der Waals surface area contributed by atoms with Crippen LogP contribution in [0.1, 0.15) is 58.8 Å². The van der Waals surface area contributed by atoms with Crippen molar-refractivity contribution < 1.29 is 15.0 Å². The number of nitrogens with zero attached hydrogens (tertiary/aromatic N) is 3. The van der Waals surface area contributed by atoms with Crippen LogP contribution in [-0.4, -0.2) is 45.4 Å². The molecule has 0 aliphatic carbocycles. The summed E-state index contributed by atoms with van der Waals surface area (Å²) in [6.07, 6.45) is 3.76. The van der Waals surface area contributed by atoms with Crippen LogP contribution in [0.25, 0.3) is 5.69 Å². The molecule has 4 rings (SSSR count). The average molecular weight is 529 g/mol. The Bertz CT molecular complexity index is 1240. The zero-order valence-corrected chi connectivity index (χ0v) is 23.0. The van der Waals surface area contributed by atoms with Crippen LogP contribution in [0.3, 0.4) is 0 Å². The molecule has 3 aromatic rings. The number of amides is 2. The SMILES string of the molecule is Cc1ccc(-n2c(C(C)(C)c3ccc(F)c(F)c3)cnc2SCC2CCN(C(=O)NC(C)C)CC2)cc1.[HH]. The van der Waals surface area contributed by atoms with Crippen molar-refractivity contribution in [3.63, 3.8) is 0 Å². The van der Waals surface area contributed by atoms with Crippen LogP contribution < -0.4 is 5.32 Å². The molecule has 8 heteroatoms. The highest BCUT2D eigenvalue weighted by Gasteiger charge is 2.31. The first kappa shape index (κ1) is 27.2. The first-order valence-electron chi connectivity index (χ1n) is 12.8. The minimum Gasteiger partial charge on any atom is -0.336 e. The number of hydrogen-bond donors (Lipinski definition) is 1. The van der Waals surface area contributed by atoms with Gasteiger partial charge in [0.05, 0.1) is 11.9 Å². The van der Waals surface area contributed by atoms with E-state index in [-0.39, 0.29) is 13.5 Å². The molecule has 0 atom stereocenters. The van der Waals surface area contributed by atoms with E-state index in [1.54, 1.807) is 17.8 Å². The van der Waals surface area contributed by atoms with Gasteiger partial charge in [0.25, 0.3) is 0 Å². The molecule has 0 unspecified atom stereocenters. The number of rotatable bonds is 7. The second-order valence-corrected chi connectivity index (χ2v) is 11.7. The van der Waals surface area contributed by atoms with E-state index in [1.165, 1.54) is 12.1 Å². The summed E-state index contributed by atoms with van der Waals surface area (Å²) < 4.78 is 29.9. The molecule has 1 aromatic heterocycles. The maximum Gasteiger partial charge on any atom is 0.317 e. The van der Waals surface area contributed by atoms with Gasteiger partial charge in [-0.2, -0.15) is 0 Å². The Balaban J connectivity index is 0.00000400. The van der Waals surface area contributed by atoms with Gasteiger partial charge in [-0.25, -0.2) is 18.6 Å². The standard InChI is InChI=1S/C29H36F2N4OS.H2/c1-19(2)33-27(36)34-14-12-21(13-15-34)18-37-28-32-17-26(35(28)23-9-6-20(3)7-10-23)29(4,5)22-8-11-24(30)25(31)16-22;/h6-11,16-17,19,21H,12-15,18H2,1-5H3,(H,33,36);1H. The number of halogens is 2. The fraction of sp³-hybridized carbons (Fsp3) is 0.448. The van der Waals surface area contributed by atoms with Crippen LogP contribution >= 0.6 is 11.8 Å². The second-order valence-electron chi connectivity index (χ2n) is 10.7. The fourth-order valence-electron chi connectivity index (χ4n) is 4.69. The Morgan fingerprint density at radius 3 is 2.43 bits per heavy atom. The Morgan fingerprint density at radius 2 is 1.81 bits per heavy atom. The molecule has 0 radical (unpaired) electrons. The topological polar surface area (TPSA) is 50.2 Å². The molecule has 200 valence electrons. The highest BCUT2D eigenvalue weighted by atomic mass is 32.2. The summed E-state index contributed by atoms with van der Waals surface area (Å²) in [7, 11) is 0. The Labute approximate surface area is 224 Å². The first-order valence-corrected chi connectivity index (χ1v) is 13.8. The lowest BCUT2D eigenvalue weighted by Crippen LogP contribution is -2.46. The number of imidazole rings is 1. The summed E-state index contributed by atoms with van der Waals surface area (Å²) in [4.78, 5) is 19.0. The van der Waals surface area contributed by atoms with Crippen molar-refractivity contribution in [2.45, 2.75) is 64.1 Å². The number of thioether (sulfide) groups is 1. The van der Waals surface area contributed by atoms with Crippen LogP contribution in [-0.2, 0) is 5.41 Å². The number of piperidine rings is 1. The van der Waals surface area contributed by atoms with Crippen molar-refractivity contribution >= 4 is 17.8 Å². The molecular weight excluding hydrogens is 490 g/mol. The van der Waals surface area contributed by atoms with E-state index in [4.69, 9.17) is 4.98 Å². The molecule has 2 aromatic carbocycles. The predicted molar refractivity (Wildman–Crippen MR) is 148 cm³/mol. The molecule has 1 aliphatic rings. The lowest BCUT2D eigenvalue weighted by atomic mass is 9.81. The maximum absolute atomic E-state index is 14.1. The normalized spacial score (nSPS) is 14.9. The van der Waals surface area contributed by atoms with Crippen molar-refractivity contribution in [1.82, 2.24) is 19.8 Å². The minimum atomic E-state index is -0.852. The molecule has 1 saturated heterocycles. The van der Waals surface area contributed by atoms with Gasteiger partial charge in [0.15, 0.2) is 16.8 Å². The van der Waals surface area contributed by atoms with Gasteiger partial charge in [0.1, 0.15) is 0 Å². The number of benzene rings is 2. The minimum absolute atomic E-state index is 0. The lowest BCUT2D eigenvalue weighted by Gasteiger charge is -2.32. The summed E-state index contributed by atoms with van der Waals surface area (Å²) >= 11 is 1.71. The van der Waals surface area contributed by atoms with Crippen molar-refractivity contribution in [2.75, 3.05) is 18.8 Å². The Hall–Kier alpha value is -2.87. The fourth-order valence-corrected chi connectivity index (χ4v) is 5.87. The van der Waals surface area contributed by atoms with Crippen molar-refractivity contribution in [3.8, 4) is 5.69 Å². The molecule has 1 N–H and O–H groups in total. The zero-order valence-electron chi connectivity index (χ0n) is 22.2. The molecule has 5 nitrogen and oxygen atoms in total. The summed E-state index contributed by atoms with van der Waals surface area (Å²) in [6.45, 7) is 11.5. The third-order valence-electron chi connectivity index (χ3n) is 7.07. The Morgan fingerprint density at radius 1 is 1.14 bits per heavy atom. The summed E-state index contributed by atoms with van der Waals surface area (Å²) in [6, 6.07) is 12.5. The van der Waals surface area contributed by atoms with Gasteiger partial charge in [0.2, 0.25) is 0 Å².